The van der Waals surface area contributed by atoms with E-state index in [0.29, 0.717) is 25.2 Å². The van der Waals surface area contributed by atoms with E-state index in [0.717, 1.165) is 23.5 Å². The largest absolute Gasteiger partial charge is 0.342 e. The molecule has 2 aromatic carbocycles. The molecule has 2 N–H and O–H groups in total. The van der Waals surface area contributed by atoms with E-state index in [-0.39, 0.29) is 17.9 Å². The zero-order valence-electron chi connectivity index (χ0n) is 16.6. The molecule has 0 spiro atoms. The van der Waals surface area contributed by atoms with E-state index in [2.05, 4.69) is 27.8 Å². The van der Waals surface area contributed by atoms with Crippen molar-refractivity contribution in [2.75, 3.05) is 25.0 Å². The summed E-state index contributed by atoms with van der Waals surface area (Å²) in [5.41, 5.74) is 2.91. The fourth-order valence-corrected chi connectivity index (χ4v) is 4.26. The van der Waals surface area contributed by atoms with Gasteiger partial charge in [-0.15, -0.1) is 11.3 Å². The molecule has 4 rings (SSSR count). The quantitative estimate of drug-likeness (QED) is 0.606. The standard InChI is InChI=1S/C23H24N4O2S/c28-21-13-18(16-27(21)11-9-17-5-2-1-3-6-17)15-25-23(29)26-20-8-4-7-19(14-20)22-24-10-12-30-22/h1-8,10,12,14,18H,9,11,13,15-16H2,(H2,25,26,29)/t18-/m1/s1. The first-order chi connectivity index (χ1) is 14.7. The van der Waals surface area contributed by atoms with Gasteiger partial charge in [0.05, 0.1) is 0 Å². The van der Waals surface area contributed by atoms with Crippen molar-refractivity contribution < 1.29 is 9.59 Å². The van der Waals surface area contributed by atoms with Crippen LogP contribution in [0.3, 0.4) is 0 Å². The molecule has 3 amide bonds. The normalized spacial score (nSPS) is 15.9. The Balaban J connectivity index is 1.23. The highest BCUT2D eigenvalue weighted by molar-refractivity contribution is 7.13. The Morgan fingerprint density at radius 2 is 2.03 bits per heavy atom. The third kappa shape index (κ3) is 5.24. The topological polar surface area (TPSA) is 74.3 Å². The van der Waals surface area contributed by atoms with Crippen LogP contribution < -0.4 is 10.6 Å². The smallest absolute Gasteiger partial charge is 0.319 e. The van der Waals surface area contributed by atoms with Crippen LogP contribution in [0.15, 0.2) is 66.2 Å². The molecule has 1 aromatic heterocycles. The molecule has 2 heterocycles. The minimum Gasteiger partial charge on any atom is -0.342 e. The number of hydrogen-bond acceptors (Lipinski definition) is 4. The maximum Gasteiger partial charge on any atom is 0.319 e. The van der Waals surface area contributed by atoms with Crippen molar-refractivity contribution in [3.8, 4) is 10.6 Å². The van der Waals surface area contributed by atoms with E-state index < -0.39 is 0 Å². The number of nitrogens with one attached hydrogen (secondary N) is 2. The summed E-state index contributed by atoms with van der Waals surface area (Å²) in [5, 5.41) is 8.61. The predicted molar refractivity (Wildman–Crippen MR) is 119 cm³/mol. The van der Waals surface area contributed by atoms with Crippen molar-refractivity contribution >= 4 is 29.0 Å². The molecule has 7 heteroatoms. The fraction of sp³-hybridized carbons (Fsp3) is 0.261. The summed E-state index contributed by atoms with van der Waals surface area (Å²) in [6.07, 6.45) is 3.09. The molecular weight excluding hydrogens is 396 g/mol. The van der Waals surface area contributed by atoms with Gasteiger partial charge in [-0.1, -0.05) is 42.5 Å². The minimum absolute atomic E-state index is 0.140. The summed E-state index contributed by atoms with van der Waals surface area (Å²) in [6.45, 7) is 1.88. The van der Waals surface area contributed by atoms with Crippen LogP contribution in [0.4, 0.5) is 10.5 Å². The molecule has 0 saturated carbocycles. The third-order valence-corrected chi connectivity index (χ3v) is 5.98. The van der Waals surface area contributed by atoms with Gasteiger partial charge in [0.1, 0.15) is 5.01 Å². The monoisotopic (exact) mass is 420 g/mol. The van der Waals surface area contributed by atoms with Gasteiger partial charge in [-0.25, -0.2) is 9.78 Å². The molecule has 1 atom stereocenters. The van der Waals surface area contributed by atoms with Crippen LogP contribution in [0, 0.1) is 5.92 Å². The lowest BCUT2D eigenvalue weighted by Gasteiger charge is -2.17. The lowest BCUT2D eigenvalue weighted by molar-refractivity contribution is -0.127. The fourth-order valence-electron chi connectivity index (χ4n) is 3.62. The number of urea groups is 1. The summed E-state index contributed by atoms with van der Waals surface area (Å²) >= 11 is 1.56. The average molecular weight is 421 g/mol. The van der Waals surface area contributed by atoms with Gasteiger partial charge in [0.2, 0.25) is 5.91 Å². The van der Waals surface area contributed by atoms with Crippen LogP contribution >= 0.6 is 11.3 Å². The molecule has 30 heavy (non-hydrogen) atoms. The van der Waals surface area contributed by atoms with Crippen LogP contribution in [0.1, 0.15) is 12.0 Å². The Morgan fingerprint density at radius 1 is 1.17 bits per heavy atom. The molecule has 0 radical (unpaired) electrons. The number of amides is 3. The molecular formula is C23H24N4O2S. The van der Waals surface area contributed by atoms with Crippen molar-refractivity contribution in [1.82, 2.24) is 15.2 Å². The van der Waals surface area contributed by atoms with Crippen molar-refractivity contribution in [1.29, 1.82) is 0 Å². The van der Waals surface area contributed by atoms with Gasteiger partial charge in [-0.3, -0.25) is 4.79 Å². The lowest BCUT2D eigenvalue weighted by Crippen LogP contribution is -2.34. The van der Waals surface area contributed by atoms with Gasteiger partial charge in [0.25, 0.3) is 0 Å². The minimum atomic E-state index is -0.263. The Bertz CT molecular complexity index is 991. The average Bonchev–Trinajstić information content (AvgIpc) is 3.42. The number of thiazole rings is 1. The molecule has 6 nitrogen and oxygen atoms in total. The molecule has 1 aliphatic heterocycles. The molecule has 154 valence electrons. The van der Waals surface area contributed by atoms with Crippen LogP contribution in [0.2, 0.25) is 0 Å². The van der Waals surface area contributed by atoms with Crippen LogP contribution in [0.25, 0.3) is 10.6 Å². The summed E-state index contributed by atoms with van der Waals surface area (Å²) in [4.78, 5) is 30.8. The highest BCUT2D eigenvalue weighted by Crippen LogP contribution is 2.24. The van der Waals surface area contributed by atoms with Gasteiger partial charge in [-0.2, -0.15) is 0 Å². The second-order valence-corrected chi connectivity index (χ2v) is 8.29. The van der Waals surface area contributed by atoms with Crippen LogP contribution in [-0.4, -0.2) is 41.5 Å². The Hall–Kier alpha value is -3.19. The van der Waals surface area contributed by atoms with Gasteiger partial charge in [0.15, 0.2) is 0 Å². The van der Waals surface area contributed by atoms with Crippen molar-refractivity contribution in [3.63, 3.8) is 0 Å². The third-order valence-electron chi connectivity index (χ3n) is 5.16. The number of carbonyl (C=O) groups excluding carboxylic acids is 2. The maximum atomic E-state index is 12.3. The molecule has 1 saturated heterocycles. The molecule has 1 aliphatic rings. The van der Waals surface area contributed by atoms with E-state index in [1.165, 1.54) is 5.56 Å². The summed E-state index contributed by atoms with van der Waals surface area (Å²) < 4.78 is 0. The number of carbonyl (C=O) groups is 2. The Morgan fingerprint density at radius 3 is 2.83 bits per heavy atom. The van der Waals surface area contributed by atoms with Gasteiger partial charge in [0, 0.05) is 54.8 Å². The van der Waals surface area contributed by atoms with Crippen molar-refractivity contribution in [2.45, 2.75) is 12.8 Å². The first-order valence-electron chi connectivity index (χ1n) is 10.0. The van der Waals surface area contributed by atoms with Gasteiger partial charge < -0.3 is 15.5 Å². The summed E-state index contributed by atoms with van der Waals surface area (Å²) in [5.74, 6) is 0.301. The highest BCUT2D eigenvalue weighted by Gasteiger charge is 2.29. The highest BCUT2D eigenvalue weighted by atomic mass is 32.1. The molecule has 0 unspecified atom stereocenters. The first kappa shape index (κ1) is 20.1. The number of likely N-dealkylation sites (tertiary alicyclic amines) is 1. The van der Waals surface area contributed by atoms with E-state index in [1.54, 1.807) is 17.5 Å². The molecule has 0 bridgehead atoms. The van der Waals surface area contributed by atoms with E-state index in [9.17, 15) is 9.59 Å². The molecule has 0 aliphatic carbocycles. The molecule has 3 aromatic rings. The van der Waals surface area contributed by atoms with Crippen molar-refractivity contribution in [3.05, 3.63) is 71.7 Å². The lowest BCUT2D eigenvalue weighted by atomic mass is 10.1. The number of hydrogen-bond donors (Lipinski definition) is 2. The van der Waals surface area contributed by atoms with E-state index in [1.807, 2.05) is 52.7 Å². The zero-order valence-corrected chi connectivity index (χ0v) is 17.4. The maximum absolute atomic E-state index is 12.3. The number of anilines is 1. The Kier molecular flexibility index (Phi) is 6.39. The SMILES string of the molecule is O=C(NC[C@H]1CC(=O)N(CCc2ccccc2)C1)Nc1cccc(-c2nccs2)c1. The number of nitrogens with zero attached hydrogens (tertiary/aromatic N) is 2. The summed E-state index contributed by atoms with van der Waals surface area (Å²) in [7, 11) is 0. The predicted octanol–water partition coefficient (Wildman–Crippen LogP) is 4.02. The second-order valence-electron chi connectivity index (χ2n) is 7.40. The number of aromatic nitrogens is 1. The van der Waals surface area contributed by atoms with E-state index >= 15 is 0 Å². The summed E-state index contributed by atoms with van der Waals surface area (Å²) in [6, 6.07) is 17.5. The van der Waals surface area contributed by atoms with Crippen LogP contribution in [0.5, 0.6) is 0 Å². The zero-order chi connectivity index (χ0) is 20.8. The Labute approximate surface area is 180 Å². The van der Waals surface area contributed by atoms with E-state index in [4.69, 9.17) is 0 Å². The molecule has 1 fully saturated rings. The van der Waals surface area contributed by atoms with Gasteiger partial charge in [-0.05, 0) is 24.1 Å². The first-order valence-corrected chi connectivity index (χ1v) is 10.9. The van der Waals surface area contributed by atoms with Crippen molar-refractivity contribution in [2.24, 2.45) is 5.92 Å². The van der Waals surface area contributed by atoms with Crippen LogP contribution in [-0.2, 0) is 11.2 Å². The number of benzene rings is 2. The van der Waals surface area contributed by atoms with Gasteiger partial charge >= 0.3 is 6.03 Å². The second kappa shape index (κ2) is 9.54. The number of rotatable bonds is 7.